The number of nitrogens with one attached hydrogen (secondary N) is 1. The number of rotatable bonds is 10. The maximum Gasteiger partial charge on any atom is 0.256 e. The van der Waals surface area contributed by atoms with E-state index in [-0.39, 0.29) is 5.91 Å². The van der Waals surface area contributed by atoms with Crippen LogP contribution in [0.2, 0.25) is 0 Å². The Morgan fingerprint density at radius 1 is 1.22 bits per heavy atom. The summed E-state index contributed by atoms with van der Waals surface area (Å²) in [4.78, 5) is 12.6. The molecule has 5 nitrogen and oxygen atoms in total. The zero-order valence-corrected chi connectivity index (χ0v) is 14.3. The van der Waals surface area contributed by atoms with Gasteiger partial charge < -0.3 is 19.5 Å². The predicted molar refractivity (Wildman–Crippen MR) is 89.8 cm³/mol. The van der Waals surface area contributed by atoms with E-state index in [1.165, 1.54) is 0 Å². The molecular formula is C18H27NO4. The van der Waals surface area contributed by atoms with Gasteiger partial charge in [0.1, 0.15) is 18.0 Å². The Hall–Kier alpha value is -1.59. The largest absolute Gasteiger partial charge is 0.491 e. The number of carbonyl (C=O) groups is 1. The molecule has 0 unspecified atom stereocenters. The van der Waals surface area contributed by atoms with Crippen LogP contribution in [0.5, 0.6) is 5.75 Å². The second-order valence-corrected chi connectivity index (χ2v) is 6.05. The van der Waals surface area contributed by atoms with Gasteiger partial charge in [0.05, 0.1) is 6.61 Å². The summed E-state index contributed by atoms with van der Waals surface area (Å²) in [5.41, 5.74) is 0.0185. The Labute approximate surface area is 138 Å². The fraction of sp³-hybridized carbons (Fsp3) is 0.611. The topological polar surface area (TPSA) is 56.8 Å². The fourth-order valence-corrected chi connectivity index (χ4v) is 2.45. The van der Waals surface area contributed by atoms with Crippen molar-refractivity contribution in [2.75, 3.05) is 32.2 Å². The minimum Gasteiger partial charge on any atom is -0.491 e. The van der Waals surface area contributed by atoms with Crippen LogP contribution in [-0.2, 0) is 14.3 Å². The summed E-state index contributed by atoms with van der Waals surface area (Å²) in [5.74, 6) is 1.01. The van der Waals surface area contributed by atoms with E-state index in [2.05, 4.69) is 5.32 Å². The SMILES string of the molecule is CCCO[C@](C)(C(=O)Nc1ccc(OCCOC)cc1)C1CC1. The molecule has 2 rings (SSSR count). The van der Waals surface area contributed by atoms with Crippen molar-refractivity contribution < 1.29 is 19.0 Å². The van der Waals surface area contributed by atoms with E-state index in [9.17, 15) is 4.79 Å². The van der Waals surface area contributed by atoms with Crippen molar-refractivity contribution in [3.63, 3.8) is 0 Å². The van der Waals surface area contributed by atoms with E-state index in [0.717, 1.165) is 30.7 Å². The number of amides is 1. The number of anilines is 1. The molecule has 23 heavy (non-hydrogen) atoms. The molecular weight excluding hydrogens is 294 g/mol. The summed E-state index contributed by atoms with van der Waals surface area (Å²) in [6, 6.07) is 7.36. The summed E-state index contributed by atoms with van der Waals surface area (Å²) in [5, 5.41) is 2.96. The standard InChI is InChI=1S/C18H27NO4/c1-4-11-23-18(2,14-5-6-14)17(20)19-15-7-9-16(10-8-15)22-13-12-21-3/h7-10,14H,4-6,11-13H2,1-3H3,(H,19,20)/t18-/m0/s1. The Kier molecular flexibility index (Phi) is 6.42. The van der Waals surface area contributed by atoms with Crippen LogP contribution in [0.25, 0.3) is 0 Å². The Morgan fingerprint density at radius 2 is 1.91 bits per heavy atom. The first kappa shape index (κ1) is 17.8. The van der Waals surface area contributed by atoms with Crippen LogP contribution in [0.1, 0.15) is 33.1 Å². The van der Waals surface area contributed by atoms with Gasteiger partial charge in [0.25, 0.3) is 5.91 Å². The van der Waals surface area contributed by atoms with Crippen LogP contribution >= 0.6 is 0 Å². The third-order valence-electron chi connectivity index (χ3n) is 4.08. The normalized spacial score (nSPS) is 16.7. The van der Waals surface area contributed by atoms with Crippen molar-refractivity contribution in [3.8, 4) is 5.75 Å². The smallest absolute Gasteiger partial charge is 0.256 e. The van der Waals surface area contributed by atoms with Crippen LogP contribution in [0.3, 0.4) is 0 Å². The lowest BCUT2D eigenvalue weighted by atomic mass is 9.98. The lowest BCUT2D eigenvalue weighted by molar-refractivity contribution is -0.142. The molecule has 1 atom stereocenters. The molecule has 0 spiro atoms. The van der Waals surface area contributed by atoms with Gasteiger partial charge in [-0.15, -0.1) is 0 Å². The van der Waals surface area contributed by atoms with Crippen molar-refractivity contribution in [1.82, 2.24) is 0 Å². The van der Waals surface area contributed by atoms with Crippen LogP contribution < -0.4 is 10.1 Å². The van der Waals surface area contributed by atoms with Crippen molar-refractivity contribution in [2.24, 2.45) is 5.92 Å². The molecule has 128 valence electrons. The molecule has 0 radical (unpaired) electrons. The summed E-state index contributed by atoms with van der Waals surface area (Å²) >= 11 is 0. The highest BCUT2D eigenvalue weighted by Crippen LogP contribution is 2.42. The second-order valence-electron chi connectivity index (χ2n) is 6.05. The molecule has 1 N–H and O–H groups in total. The van der Waals surface area contributed by atoms with Gasteiger partial charge in [0, 0.05) is 19.4 Å². The van der Waals surface area contributed by atoms with Gasteiger partial charge >= 0.3 is 0 Å². The van der Waals surface area contributed by atoms with Gasteiger partial charge in [-0.3, -0.25) is 4.79 Å². The third-order valence-corrected chi connectivity index (χ3v) is 4.08. The zero-order chi connectivity index (χ0) is 16.7. The van der Waals surface area contributed by atoms with Gasteiger partial charge in [-0.1, -0.05) is 6.92 Å². The molecule has 1 aliphatic rings. The monoisotopic (exact) mass is 321 g/mol. The first-order valence-corrected chi connectivity index (χ1v) is 8.27. The number of benzene rings is 1. The van der Waals surface area contributed by atoms with Crippen LogP contribution in [0.15, 0.2) is 24.3 Å². The summed E-state index contributed by atoms with van der Waals surface area (Å²) in [7, 11) is 1.64. The molecule has 1 aromatic carbocycles. The zero-order valence-electron chi connectivity index (χ0n) is 14.3. The van der Waals surface area contributed by atoms with Crippen LogP contribution in [-0.4, -0.2) is 38.4 Å². The van der Waals surface area contributed by atoms with Crippen LogP contribution in [0.4, 0.5) is 5.69 Å². The van der Waals surface area contributed by atoms with E-state index in [1.807, 2.05) is 38.1 Å². The van der Waals surface area contributed by atoms with E-state index in [1.54, 1.807) is 7.11 Å². The maximum absolute atomic E-state index is 12.6. The van der Waals surface area contributed by atoms with Gasteiger partial charge in [-0.2, -0.15) is 0 Å². The lowest BCUT2D eigenvalue weighted by Crippen LogP contribution is -2.45. The summed E-state index contributed by atoms with van der Waals surface area (Å²) in [6.07, 6.45) is 3.02. The van der Waals surface area contributed by atoms with Crippen molar-refractivity contribution in [1.29, 1.82) is 0 Å². The fourth-order valence-electron chi connectivity index (χ4n) is 2.45. The second kappa shape index (κ2) is 8.31. The predicted octanol–water partition coefficient (Wildman–Crippen LogP) is 3.25. The van der Waals surface area contributed by atoms with Gasteiger partial charge in [0.2, 0.25) is 0 Å². The Morgan fingerprint density at radius 3 is 2.48 bits per heavy atom. The highest BCUT2D eigenvalue weighted by Gasteiger charge is 2.48. The van der Waals surface area contributed by atoms with Gasteiger partial charge in [-0.25, -0.2) is 0 Å². The van der Waals surface area contributed by atoms with Gasteiger partial charge in [-0.05, 0) is 56.4 Å². The summed E-state index contributed by atoms with van der Waals surface area (Å²) < 4.78 is 16.3. The van der Waals surface area contributed by atoms with E-state index in [4.69, 9.17) is 14.2 Å². The molecule has 0 aliphatic heterocycles. The molecule has 1 saturated carbocycles. The van der Waals surface area contributed by atoms with E-state index in [0.29, 0.717) is 25.7 Å². The molecule has 1 aromatic rings. The molecule has 0 heterocycles. The lowest BCUT2D eigenvalue weighted by Gasteiger charge is -2.28. The average Bonchev–Trinajstić information content (AvgIpc) is 3.39. The van der Waals surface area contributed by atoms with Crippen molar-refractivity contribution in [3.05, 3.63) is 24.3 Å². The molecule has 5 heteroatoms. The number of hydrogen-bond donors (Lipinski definition) is 1. The first-order valence-electron chi connectivity index (χ1n) is 8.27. The molecule has 1 fully saturated rings. The van der Waals surface area contributed by atoms with E-state index < -0.39 is 5.60 Å². The quantitative estimate of drug-likeness (QED) is 0.672. The summed E-state index contributed by atoms with van der Waals surface area (Å²) in [6.45, 7) is 5.61. The number of methoxy groups -OCH3 is 1. The Bertz CT molecular complexity index is 498. The number of ether oxygens (including phenoxy) is 3. The van der Waals surface area contributed by atoms with E-state index >= 15 is 0 Å². The minimum atomic E-state index is -0.732. The number of carbonyl (C=O) groups excluding carboxylic acids is 1. The first-order chi connectivity index (χ1) is 11.1. The Balaban J connectivity index is 1.93. The maximum atomic E-state index is 12.6. The van der Waals surface area contributed by atoms with Crippen molar-refractivity contribution in [2.45, 2.75) is 38.7 Å². The van der Waals surface area contributed by atoms with Crippen LogP contribution in [0, 0.1) is 5.92 Å². The molecule has 0 bridgehead atoms. The van der Waals surface area contributed by atoms with Gasteiger partial charge in [0.15, 0.2) is 0 Å². The molecule has 1 aliphatic carbocycles. The highest BCUT2D eigenvalue weighted by atomic mass is 16.5. The molecule has 0 aromatic heterocycles. The average molecular weight is 321 g/mol. The van der Waals surface area contributed by atoms with Crippen molar-refractivity contribution >= 4 is 11.6 Å². The molecule has 1 amide bonds. The third kappa shape index (κ3) is 4.94. The number of hydrogen-bond acceptors (Lipinski definition) is 4. The highest BCUT2D eigenvalue weighted by molar-refractivity contribution is 5.97. The molecule has 0 saturated heterocycles. The minimum absolute atomic E-state index is 0.0681.